The molecule has 0 aliphatic rings. The van der Waals surface area contributed by atoms with E-state index in [9.17, 15) is 8.42 Å². The third-order valence-electron chi connectivity index (χ3n) is 2.37. The number of methoxy groups -OCH3 is 1. The molecule has 2 atom stereocenters. The minimum absolute atomic E-state index is 0.0343. The minimum Gasteiger partial charge on any atom is -0.359 e. The maximum absolute atomic E-state index is 10.9. The van der Waals surface area contributed by atoms with Crippen LogP contribution in [0.1, 0.15) is 18.6 Å². The Morgan fingerprint density at radius 3 is 2.58 bits per heavy atom. The Labute approximate surface area is 117 Å². The van der Waals surface area contributed by atoms with Crippen molar-refractivity contribution in [3.8, 4) is 0 Å². The number of halogens is 1. The predicted octanol–water partition coefficient (Wildman–Crippen LogP) is 1.78. The highest BCUT2D eigenvalue weighted by Gasteiger charge is 2.25. The molecule has 0 saturated carbocycles. The van der Waals surface area contributed by atoms with Crippen molar-refractivity contribution in [2.75, 3.05) is 13.9 Å². The Kier molecular flexibility index (Phi) is 6.18. The molecule has 0 bridgehead atoms. The van der Waals surface area contributed by atoms with Crippen molar-refractivity contribution < 1.29 is 22.4 Å². The lowest BCUT2D eigenvalue weighted by Crippen LogP contribution is -2.38. The van der Waals surface area contributed by atoms with Gasteiger partial charge in [0.15, 0.2) is 0 Å². The van der Waals surface area contributed by atoms with Crippen LogP contribution < -0.4 is 4.72 Å². The van der Waals surface area contributed by atoms with Crippen molar-refractivity contribution in [2.45, 2.75) is 19.1 Å². The van der Waals surface area contributed by atoms with Crippen LogP contribution in [0.4, 0.5) is 0 Å². The van der Waals surface area contributed by atoms with E-state index in [4.69, 9.17) is 25.6 Å². The standard InChI is InChI=1S/C11H16ClNO5S/c1-8(13-19(14,15)16)11(18-7-17-2)9-5-3-4-6-10(9)12/h3-6,8,11,13H,7H2,1-2H3,(H,14,15,16)/t8-,11+/m0/s1. The first kappa shape index (κ1) is 16.4. The topological polar surface area (TPSA) is 84.9 Å². The van der Waals surface area contributed by atoms with Gasteiger partial charge >= 0.3 is 10.3 Å². The average molecular weight is 310 g/mol. The van der Waals surface area contributed by atoms with Crippen molar-refractivity contribution in [1.82, 2.24) is 4.72 Å². The van der Waals surface area contributed by atoms with Gasteiger partial charge in [-0.05, 0) is 13.0 Å². The molecule has 0 radical (unpaired) electrons. The molecule has 0 aromatic heterocycles. The summed E-state index contributed by atoms with van der Waals surface area (Å²) in [6.07, 6.45) is -0.685. The van der Waals surface area contributed by atoms with E-state index in [0.29, 0.717) is 10.6 Å². The molecule has 8 heteroatoms. The Hall–Kier alpha value is -0.700. The highest BCUT2D eigenvalue weighted by molar-refractivity contribution is 7.83. The molecule has 2 N–H and O–H groups in total. The fraction of sp³-hybridized carbons (Fsp3) is 0.455. The van der Waals surface area contributed by atoms with Gasteiger partial charge in [-0.15, -0.1) is 0 Å². The van der Waals surface area contributed by atoms with Crippen LogP contribution in [-0.2, 0) is 19.8 Å². The molecular formula is C11H16ClNO5S. The first-order valence-corrected chi connectivity index (χ1v) is 7.26. The minimum atomic E-state index is -4.33. The number of ether oxygens (including phenoxy) is 2. The second-order valence-electron chi connectivity index (χ2n) is 3.90. The van der Waals surface area contributed by atoms with E-state index in [0.717, 1.165) is 0 Å². The van der Waals surface area contributed by atoms with Crippen LogP contribution in [0.25, 0.3) is 0 Å². The van der Waals surface area contributed by atoms with Gasteiger partial charge in [-0.1, -0.05) is 29.8 Å². The first-order chi connectivity index (χ1) is 8.85. The van der Waals surface area contributed by atoms with Gasteiger partial charge in [0.25, 0.3) is 0 Å². The van der Waals surface area contributed by atoms with Crippen LogP contribution in [0.2, 0.25) is 5.02 Å². The Morgan fingerprint density at radius 1 is 1.42 bits per heavy atom. The summed E-state index contributed by atoms with van der Waals surface area (Å²) in [5.41, 5.74) is 0.602. The van der Waals surface area contributed by atoms with Crippen LogP contribution in [0.3, 0.4) is 0 Å². The molecule has 0 heterocycles. The molecule has 0 aliphatic carbocycles. The monoisotopic (exact) mass is 309 g/mol. The van der Waals surface area contributed by atoms with Gasteiger partial charge in [-0.2, -0.15) is 13.1 Å². The summed E-state index contributed by atoms with van der Waals surface area (Å²) in [5, 5.41) is 0.438. The molecule has 108 valence electrons. The molecular weight excluding hydrogens is 294 g/mol. The number of hydrogen-bond donors (Lipinski definition) is 2. The fourth-order valence-electron chi connectivity index (χ4n) is 1.65. The maximum atomic E-state index is 10.9. The highest BCUT2D eigenvalue weighted by Crippen LogP contribution is 2.28. The summed E-state index contributed by atoms with van der Waals surface area (Å²) in [7, 11) is -2.88. The van der Waals surface area contributed by atoms with Gasteiger partial charge in [0, 0.05) is 17.7 Å². The molecule has 0 unspecified atom stereocenters. The van der Waals surface area contributed by atoms with Gasteiger partial charge < -0.3 is 9.47 Å². The average Bonchev–Trinajstić information content (AvgIpc) is 2.29. The lowest BCUT2D eigenvalue weighted by atomic mass is 10.0. The van der Waals surface area contributed by atoms with E-state index >= 15 is 0 Å². The molecule has 1 rings (SSSR count). The van der Waals surface area contributed by atoms with E-state index in [1.165, 1.54) is 7.11 Å². The summed E-state index contributed by atoms with van der Waals surface area (Å²) in [6.45, 7) is 1.52. The Bertz CT molecular complexity index is 508. The molecule has 19 heavy (non-hydrogen) atoms. The maximum Gasteiger partial charge on any atom is 0.333 e. The number of benzene rings is 1. The van der Waals surface area contributed by atoms with E-state index in [-0.39, 0.29) is 6.79 Å². The summed E-state index contributed by atoms with van der Waals surface area (Å²) in [5.74, 6) is 0. The first-order valence-electron chi connectivity index (χ1n) is 5.45. The molecule has 0 fully saturated rings. The van der Waals surface area contributed by atoms with E-state index in [1.54, 1.807) is 31.2 Å². The Morgan fingerprint density at radius 2 is 2.05 bits per heavy atom. The van der Waals surface area contributed by atoms with Crippen molar-refractivity contribution in [2.24, 2.45) is 0 Å². The molecule has 0 aliphatic heterocycles. The van der Waals surface area contributed by atoms with Gasteiger partial charge in [0.2, 0.25) is 0 Å². The third kappa shape index (κ3) is 5.43. The van der Waals surface area contributed by atoms with Crippen molar-refractivity contribution in [3.05, 3.63) is 34.9 Å². The molecule has 6 nitrogen and oxygen atoms in total. The zero-order valence-electron chi connectivity index (χ0n) is 10.5. The second kappa shape index (κ2) is 7.18. The van der Waals surface area contributed by atoms with Crippen molar-refractivity contribution in [1.29, 1.82) is 0 Å². The van der Waals surface area contributed by atoms with Gasteiger partial charge in [-0.3, -0.25) is 4.55 Å². The smallest absolute Gasteiger partial charge is 0.333 e. The Balaban J connectivity index is 2.97. The van der Waals surface area contributed by atoms with E-state index < -0.39 is 22.4 Å². The van der Waals surface area contributed by atoms with Crippen LogP contribution in [0, 0.1) is 0 Å². The van der Waals surface area contributed by atoms with Crippen molar-refractivity contribution >= 4 is 21.9 Å². The molecule has 1 aromatic carbocycles. The summed E-state index contributed by atoms with van der Waals surface area (Å²) >= 11 is 6.05. The summed E-state index contributed by atoms with van der Waals surface area (Å²) < 4.78 is 42.8. The van der Waals surface area contributed by atoms with E-state index in [2.05, 4.69) is 0 Å². The summed E-state index contributed by atoms with van der Waals surface area (Å²) in [6, 6.07) is 6.17. The number of nitrogens with one attached hydrogen (secondary N) is 1. The lowest BCUT2D eigenvalue weighted by molar-refractivity contribution is -0.0814. The summed E-state index contributed by atoms with van der Waals surface area (Å²) in [4.78, 5) is 0. The van der Waals surface area contributed by atoms with Gasteiger partial charge in [0.1, 0.15) is 12.9 Å². The largest absolute Gasteiger partial charge is 0.359 e. The molecule has 0 amide bonds. The van der Waals surface area contributed by atoms with Crippen molar-refractivity contribution in [3.63, 3.8) is 0 Å². The SMILES string of the molecule is COCO[C@@H](c1ccccc1Cl)[C@H](C)NS(=O)(=O)O. The van der Waals surface area contributed by atoms with E-state index in [1.807, 2.05) is 4.72 Å². The van der Waals surface area contributed by atoms with Gasteiger partial charge in [0.05, 0.1) is 6.04 Å². The second-order valence-corrected chi connectivity index (χ2v) is 5.49. The van der Waals surface area contributed by atoms with Crippen LogP contribution >= 0.6 is 11.6 Å². The molecule has 0 saturated heterocycles. The third-order valence-corrected chi connectivity index (χ3v) is 3.38. The molecule has 1 aromatic rings. The van der Waals surface area contributed by atoms with Crippen LogP contribution in [-0.4, -0.2) is 32.9 Å². The number of hydrogen-bond acceptors (Lipinski definition) is 4. The zero-order chi connectivity index (χ0) is 14.5. The fourth-order valence-corrected chi connectivity index (χ4v) is 2.48. The number of rotatable bonds is 7. The zero-order valence-corrected chi connectivity index (χ0v) is 12.1. The quantitative estimate of drug-likeness (QED) is 0.592. The molecule has 0 spiro atoms. The highest BCUT2D eigenvalue weighted by atomic mass is 35.5. The van der Waals surface area contributed by atoms with Crippen LogP contribution in [0.5, 0.6) is 0 Å². The van der Waals surface area contributed by atoms with Crippen LogP contribution in [0.15, 0.2) is 24.3 Å². The lowest BCUT2D eigenvalue weighted by Gasteiger charge is -2.25. The normalized spacial score (nSPS) is 15.2. The predicted molar refractivity (Wildman–Crippen MR) is 71.3 cm³/mol. The van der Waals surface area contributed by atoms with Gasteiger partial charge in [-0.25, -0.2) is 0 Å².